The third-order valence-corrected chi connectivity index (χ3v) is 4.87. The third-order valence-electron chi connectivity index (χ3n) is 4.87. The maximum absolute atomic E-state index is 10.9. The lowest BCUT2D eigenvalue weighted by atomic mass is 10.0. The zero-order chi connectivity index (χ0) is 13.2. The molecule has 3 aliphatic rings. The zero-order valence-electron chi connectivity index (χ0n) is 11.6. The van der Waals surface area contributed by atoms with Gasteiger partial charge in [0.25, 0.3) is 0 Å². The van der Waals surface area contributed by atoms with Crippen molar-refractivity contribution >= 4 is 6.09 Å². The summed E-state index contributed by atoms with van der Waals surface area (Å²) in [4.78, 5) is 17.6. The molecule has 3 fully saturated rings. The predicted molar refractivity (Wildman–Crippen MR) is 73.4 cm³/mol. The maximum Gasteiger partial charge on any atom is 0.407 e. The number of piperidine rings is 1. The Labute approximate surface area is 115 Å². The summed E-state index contributed by atoms with van der Waals surface area (Å²) in [6.07, 6.45) is 4.14. The molecule has 1 saturated carbocycles. The number of nitrogens with zero attached hydrogens (tertiary/aromatic N) is 3. The van der Waals surface area contributed by atoms with Gasteiger partial charge in [-0.2, -0.15) is 0 Å². The first kappa shape index (κ1) is 13.2. The molecule has 5 heteroatoms. The van der Waals surface area contributed by atoms with E-state index in [1.54, 1.807) is 4.90 Å². The molecule has 2 aliphatic heterocycles. The molecule has 1 aliphatic carbocycles. The van der Waals surface area contributed by atoms with E-state index in [9.17, 15) is 4.79 Å². The van der Waals surface area contributed by atoms with Gasteiger partial charge in [-0.3, -0.25) is 4.90 Å². The summed E-state index contributed by atoms with van der Waals surface area (Å²) in [5.41, 5.74) is 0. The van der Waals surface area contributed by atoms with E-state index in [1.807, 2.05) is 0 Å². The largest absolute Gasteiger partial charge is 0.465 e. The Bertz CT molecular complexity index is 317. The van der Waals surface area contributed by atoms with E-state index >= 15 is 0 Å². The molecular formula is C14H25N3O2. The summed E-state index contributed by atoms with van der Waals surface area (Å²) in [6.45, 7) is 7.48. The number of piperazine rings is 1. The number of rotatable bonds is 3. The van der Waals surface area contributed by atoms with Crippen molar-refractivity contribution < 1.29 is 9.90 Å². The van der Waals surface area contributed by atoms with Crippen molar-refractivity contribution in [2.24, 2.45) is 5.92 Å². The number of hydrogen-bond acceptors (Lipinski definition) is 3. The number of likely N-dealkylation sites (tertiary alicyclic amines) is 1. The van der Waals surface area contributed by atoms with Crippen LogP contribution in [0.5, 0.6) is 0 Å². The van der Waals surface area contributed by atoms with Gasteiger partial charge in [0.1, 0.15) is 0 Å². The molecule has 2 heterocycles. The lowest BCUT2D eigenvalue weighted by molar-refractivity contribution is 0.0570. The molecule has 108 valence electrons. The third kappa shape index (κ3) is 3.39. The van der Waals surface area contributed by atoms with Crippen molar-refractivity contribution in [1.82, 2.24) is 14.7 Å². The summed E-state index contributed by atoms with van der Waals surface area (Å²) in [7, 11) is 0. The van der Waals surface area contributed by atoms with Crippen LogP contribution in [0.3, 0.4) is 0 Å². The van der Waals surface area contributed by atoms with Gasteiger partial charge in [0.2, 0.25) is 0 Å². The fourth-order valence-corrected chi connectivity index (χ4v) is 3.40. The molecule has 0 radical (unpaired) electrons. The van der Waals surface area contributed by atoms with Crippen molar-refractivity contribution in [3.05, 3.63) is 0 Å². The first-order valence-corrected chi connectivity index (χ1v) is 7.66. The summed E-state index contributed by atoms with van der Waals surface area (Å²) in [6, 6.07) is 0.610. The van der Waals surface area contributed by atoms with Crippen molar-refractivity contribution in [3.8, 4) is 0 Å². The molecule has 0 aromatic heterocycles. The van der Waals surface area contributed by atoms with Crippen LogP contribution in [0.1, 0.15) is 25.7 Å². The van der Waals surface area contributed by atoms with E-state index in [-0.39, 0.29) is 0 Å². The van der Waals surface area contributed by atoms with E-state index in [2.05, 4.69) is 9.80 Å². The molecule has 5 nitrogen and oxygen atoms in total. The topological polar surface area (TPSA) is 47.0 Å². The molecule has 3 rings (SSSR count). The Morgan fingerprint density at radius 2 is 1.58 bits per heavy atom. The van der Waals surface area contributed by atoms with Crippen LogP contribution in [0.2, 0.25) is 0 Å². The van der Waals surface area contributed by atoms with Crippen LogP contribution in [-0.2, 0) is 0 Å². The fourth-order valence-electron chi connectivity index (χ4n) is 3.40. The molecule has 0 spiro atoms. The second-order valence-corrected chi connectivity index (χ2v) is 6.28. The number of carboxylic acid groups (broad SMARTS) is 1. The van der Waals surface area contributed by atoms with Crippen LogP contribution in [0, 0.1) is 5.92 Å². The van der Waals surface area contributed by atoms with Crippen molar-refractivity contribution in [3.63, 3.8) is 0 Å². The second kappa shape index (κ2) is 5.67. The van der Waals surface area contributed by atoms with Crippen LogP contribution in [0.15, 0.2) is 0 Å². The van der Waals surface area contributed by atoms with Gasteiger partial charge in [-0.1, -0.05) is 0 Å². The van der Waals surface area contributed by atoms with Gasteiger partial charge < -0.3 is 14.9 Å². The fraction of sp³-hybridized carbons (Fsp3) is 0.929. The molecule has 1 N–H and O–H groups in total. The van der Waals surface area contributed by atoms with E-state index in [0.29, 0.717) is 19.1 Å². The van der Waals surface area contributed by atoms with Crippen LogP contribution in [-0.4, -0.2) is 77.8 Å². The normalized spacial score (nSPS) is 27.7. The quantitative estimate of drug-likeness (QED) is 0.833. The average Bonchev–Trinajstić information content (AvgIpc) is 3.24. The van der Waals surface area contributed by atoms with Crippen LogP contribution in [0.4, 0.5) is 4.79 Å². The molecule has 0 aromatic rings. The lowest BCUT2D eigenvalue weighted by Crippen LogP contribution is -2.53. The summed E-state index contributed by atoms with van der Waals surface area (Å²) in [5, 5.41) is 8.97. The molecule has 0 atom stereocenters. The minimum absolute atomic E-state index is 0.610. The Balaban J connectivity index is 1.40. The number of carbonyl (C=O) groups is 1. The van der Waals surface area contributed by atoms with E-state index < -0.39 is 6.09 Å². The SMILES string of the molecule is O=C(O)N1CCC(N2CCN(CC3CC3)CC2)CC1. The van der Waals surface area contributed by atoms with Crippen LogP contribution >= 0.6 is 0 Å². The molecular weight excluding hydrogens is 242 g/mol. The first-order chi connectivity index (χ1) is 9.22. The molecule has 19 heavy (non-hydrogen) atoms. The number of hydrogen-bond donors (Lipinski definition) is 1. The average molecular weight is 267 g/mol. The summed E-state index contributed by atoms with van der Waals surface area (Å²) in [5.74, 6) is 0.991. The summed E-state index contributed by atoms with van der Waals surface area (Å²) >= 11 is 0. The molecule has 0 unspecified atom stereocenters. The Morgan fingerprint density at radius 1 is 0.947 bits per heavy atom. The van der Waals surface area contributed by atoms with Crippen LogP contribution in [0.25, 0.3) is 0 Å². The van der Waals surface area contributed by atoms with Crippen molar-refractivity contribution in [1.29, 1.82) is 0 Å². The highest BCUT2D eigenvalue weighted by atomic mass is 16.4. The molecule has 0 aromatic carbocycles. The second-order valence-electron chi connectivity index (χ2n) is 6.28. The van der Waals surface area contributed by atoms with Crippen LogP contribution < -0.4 is 0 Å². The lowest BCUT2D eigenvalue weighted by Gasteiger charge is -2.42. The first-order valence-electron chi connectivity index (χ1n) is 7.66. The minimum atomic E-state index is -0.757. The van der Waals surface area contributed by atoms with Gasteiger partial charge in [0, 0.05) is 51.9 Å². The van der Waals surface area contributed by atoms with Gasteiger partial charge in [-0.25, -0.2) is 4.79 Å². The Hall–Kier alpha value is -0.810. The van der Waals surface area contributed by atoms with E-state index in [0.717, 1.165) is 18.8 Å². The monoisotopic (exact) mass is 267 g/mol. The van der Waals surface area contributed by atoms with Gasteiger partial charge in [-0.05, 0) is 31.6 Å². The van der Waals surface area contributed by atoms with Crippen molar-refractivity contribution in [2.45, 2.75) is 31.7 Å². The predicted octanol–water partition coefficient (Wildman–Crippen LogP) is 1.16. The number of amides is 1. The van der Waals surface area contributed by atoms with Gasteiger partial charge in [0.05, 0.1) is 0 Å². The van der Waals surface area contributed by atoms with Gasteiger partial charge in [-0.15, -0.1) is 0 Å². The molecule has 1 amide bonds. The van der Waals surface area contributed by atoms with E-state index in [1.165, 1.54) is 45.6 Å². The maximum atomic E-state index is 10.9. The minimum Gasteiger partial charge on any atom is -0.465 e. The summed E-state index contributed by atoms with van der Waals surface area (Å²) < 4.78 is 0. The zero-order valence-corrected chi connectivity index (χ0v) is 11.6. The highest BCUT2D eigenvalue weighted by molar-refractivity contribution is 5.65. The standard InChI is InChI=1S/C14H25N3O2/c18-14(19)17-5-3-13(4-6-17)16-9-7-15(8-10-16)11-12-1-2-12/h12-13H,1-11H2,(H,18,19). The highest BCUT2D eigenvalue weighted by Crippen LogP contribution is 2.30. The van der Waals surface area contributed by atoms with Crippen molar-refractivity contribution in [2.75, 3.05) is 45.8 Å². The smallest absolute Gasteiger partial charge is 0.407 e. The Morgan fingerprint density at radius 3 is 2.11 bits per heavy atom. The highest BCUT2D eigenvalue weighted by Gasteiger charge is 2.30. The molecule has 2 saturated heterocycles. The molecule has 0 bridgehead atoms. The van der Waals surface area contributed by atoms with E-state index in [4.69, 9.17) is 5.11 Å². The van der Waals surface area contributed by atoms with Gasteiger partial charge in [0.15, 0.2) is 0 Å². The van der Waals surface area contributed by atoms with Gasteiger partial charge >= 0.3 is 6.09 Å². The Kier molecular flexibility index (Phi) is 3.93.